The number of aromatic nitrogens is 1. The summed E-state index contributed by atoms with van der Waals surface area (Å²) in [5.74, 6) is -0.671. The van der Waals surface area contributed by atoms with E-state index in [1.54, 1.807) is 18.2 Å². The molecule has 7 heteroatoms. The largest absolute Gasteiger partial charge is 0.358 e. The molecule has 3 aromatic rings. The number of H-pyrrole nitrogens is 1. The summed E-state index contributed by atoms with van der Waals surface area (Å²) in [5.41, 5.74) is 3.37. The smallest absolute Gasteiger partial charge is 0.265 e. The molecule has 2 N–H and O–H groups in total. The Kier molecular flexibility index (Phi) is 4.58. The average Bonchev–Trinajstić information content (AvgIpc) is 2.90. The summed E-state index contributed by atoms with van der Waals surface area (Å²) in [7, 11) is -3.95. The van der Waals surface area contributed by atoms with Crippen LogP contribution in [0.15, 0.2) is 47.4 Å². The van der Waals surface area contributed by atoms with Gasteiger partial charge >= 0.3 is 0 Å². The fraction of sp³-hybridized carbons (Fsp3) is 0.167. The van der Waals surface area contributed by atoms with Crippen LogP contribution < -0.4 is 4.72 Å². The van der Waals surface area contributed by atoms with Crippen LogP contribution >= 0.6 is 11.6 Å². The van der Waals surface area contributed by atoms with Gasteiger partial charge in [-0.15, -0.1) is 0 Å². The van der Waals surface area contributed by atoms with Gasteiger partial charge in [0, 0.05) is 27.2 Å². The summed E-state index contributed by atoms with van der Waals surface area (Å²) in [4.78, 5) is 15.7. The first-order valence-electron chi connectivity index (χ1n) is 7.75. The zero-order valence-electron chi connectivity index (χ0n) is 13.8. The SMILES string of the molecule is CCc1[nH]c2ccc(C(=O)NS(=O)(=O)c3ccc(Cl)cc3)cc2c1C. The van der Waals surface area contributed by atoms with Gasteiger partial charge in [0.15, 0.2) is 0 Å². The lowest BCUT2D eigenvalue weighted by molar-refractivity contribution is 0.0981. The Morgan fingerprint density at radius 1 is 1.16 bits per heavy atom. The lowest BCUT2D eigenvalue weighted by atomic mass is 10.1. The Bertz CT molecular complexity index is 1050. The second-order valence-electron chi connectivity index (χ2n) is 5.73. The third-order valence-electron chi connectivity index (χ3n) is 4.13. The van der Waals surface area contributed by atoms with Gasteiger partial charge in [-0.2, -0.15) is 0 Å². The van der Waals surface area contributed by atoms with Gasteiger partial charge in [-0.05, 0) is 61.4 Å². The molecule has 5 nitrogen and oxygen atoms in total. The highest BCUT2D eigenvalue weighted by atomic mass is 35.5. The number of hydrogen-bond acceptors (Lipinski definition) is 3. The molecule has 0 spiro atoms. The quantitative estimate of drug-likeness (QED) is 0.726. The van der Waals surface area contributed by atoms with Crippen molar-refractivity contribution in [1.82, 2.24) is 9.71 Å². The number of carbonyl (C=O) groups excluding carboxylic acids is 1. The molecular weight excluding hydrogens is 360 g/mol. The minimum absolute atomic E-state index is 0.0163. The molecule has 0 saturated heterocycles. The van der Waals surface area contributed by atoms with Crippen LogP contribution in [0.25, 0.3) is 10.9 Å². The Hall–Kier alpha value is -2.31. The Morgan fingerprint density at radius 2 is 1.84 bits per heavy atom. The van der Waals surface area contributed by atoms with E-state index in [0.29, 0.717) is 5.02 Å². The van der Waals surface area contributed by atoms with E-state index in [4.69, 9.17) is 11.6 Å². The van der Waals surface area contributed by atoms with Crippen molar-refractivity contribution in [3.63, 3.8) is 0 Å². The highest BCUT2D eigenvalue weighted by Gasteiger charge is 2.19. The average molecular weight is 377 g/mol. The monoisotopic (exact) mass is 376 g/mol. The van der Waals surface area contributed by atoms with Crippen LogP contribution in [-0.2, 0) is 16.4 Å². The summed E-state index contributed by atoms with van der Waals surface area (Å²) in [6.45, 7) is 4.02. The molecule has 130 valence electrons. The number of carbonyl (C=O) groups is 1. The first-order valence-corrected chi connectivity index (χ1v) is 9.62. The molecule has 0 radical (unpaired) electrons. The van der Waals surface area contributed by atoms with E-state index < -0.39 is 15.9 Å². The maximum Gasteiger partial charge on any atom is 0.265 e. The maximum absolute atomic E-state index is 12.4. The summed E-state index contributed by atoms with van der Waals surface area (Å²) in [6.07, 6.45) is 0.854. The molecule has 3 rings (SSSR count). The Balaban J connectivity index is 1.91. The van der Waals surface area contributed by atoms with E-state index in [1.165, 1.54) is 24.3 Å². The van der Waals surface area contributed by atoms with E-state index in [2.05, 4.69) is 9.71 Å². The van der Waals surface area contributed by atoms with Crippen LogP contribution in [0.5, 0.6) is 0 Å². The molecule has 0 fully saturated rings. The third kappa shape index (κ3) is 3.41. The van der Waals surface area contributed by atoms with Crippen LogP contribution in [0.3, 0.4) is 0 Å². The summed E-state index contributed by atoms with van der Waals surface area (Å²) in [6, 6.07) is 10.7. The van der Waals surface area contributed by atoms with Gasteiger partial charge in [0.05, 0.1) is 4.90 Å². The van der Waals surface area contributed by atoms with Crippen LogP contribution in [0.4, 0.5) is 0 Å². The maximum atomic E-state index is 12.4. The molecule has 1 aromatic heterocycles. The number of nitrogens with one attached hydrogen (secondary N) is 2. The first kappa shape index (κ1) is 17.5. The molecule has 0 saturated carbocycles. The summed E-state index contributed by atoms with van der Waals surface area (Å²) >= 11 is 5.76. The van der Waals surface area contributed by atoms with Crippen LogP contribution in [0.2, 0.25) is 5.02 Å². The minimum atomic E-state index is -3.95. The topological polar surface area (TPSA) is 79.0 Å². The Morgan fingerprint density at radius 3 is 2.48 bits per heavy atom. The van der Waals surface area contributed by atoms with Crippen LogP contribution in [0.1, 0.15) is 28.5 Å². The van der Waals surface area contributed by atoms with E-state index in [9.17, 15) is 13.2 Å². The highest BCUT2D eigenvalue weighted by Crippen LogP contribution is 2.23. The number of amides is 1. The zero-order valence-corrected chi connectivity index (χ0v) is 15.3. The van der Waals surface area contributed by atoms with Gasteiger partial charge in [-0.1, -0.05) is 18.5 Å². The molecule has 25 heavy (non-hydrogen) atoms. The van der Waals surface area contributed by atoms with Crippen molar-refractivity contribution >= 4 is 38.4 Å². The second kappa shape index (κ2) is 6.54. The van der Waals surface area contributed by atoms with Crippen molar-refractivity contribution in [3.8, 4) is 0 Å². The standard InChI is InChI=1S/C18H17ClN2O3S/c1-3-16-11(2)15-10-12(4-9-17(15)20-16)18(22)21-25(23,24)14-7-5-13(19)6-8-14/h4-10,20H,3H2,1-2H3,(H,21,22). The Labute approximate surface area is 151 Å². The van der Waals surface area contributed by atoms with Gasteiger partial charge in [0.1, 0.15) is 0 Å². The number of aromatic amines is 1. The third-order valence-corrected chi connectivity index (χ3v) is 5.73. The summed E-state index contributed by atoms with van der Waals surface area (Å²) < 4.78 is 26.7. The van der Waals surface area contributed by atoms with Crippen molar-refractivity contribution in [2.75, 3.05) is 0 Å². The molecule has 0 atom stereocenters. The predicted molar refractivity (Wildman–Crippen MR) is 98.5 cm³/mol. The van der Waals surface area contributed by atoms with E-state index in [1.807, 2.05) is 13.8 Å². The number of fused-ring (bicyclic) bond motifs is 1. The number of halogens is 1. The number of sulfonamides is 1. The normalized spacial score (nSPS) is 11.6. The molecule has 2 aromatic carbocycles. The minimum Gasteiger partial charge on any atom is -0.358 e. The number of rotatable bonds is 4. The van der Waals surface area contributed by atoms with Crippen molar-refractivity contribution in [3.05, 3.63) is 64.3 Å². The molecule has 0 aliphatic carbocycles. The molecular formula is C18H17ClN2O3S. The predicted octanol–water partition coefficient (Wildman–Crippen LogP) is 3.81. The molecule has 0 unspecified atom stereocenters. The second-order valence-corrected chi connectivity index (χ2v) is 7.85. The van der Waals surface area contributed by atoms with Crippen LogP contribution in [-0.4, -0.2) is 19.3 Å². The van der Waals surface area contributed by atoms with E-state index >= 15 is 0 Å². The van der Waals surface area contributed by atoms with Crippen molar-refractivity contribution < 1.29 is 13.2 Å². The zero-order chi connectivity index (χ0) is 18.2. The molecule has 0 aliphatic rings. The van der Waals surface area contributed by atoms with Crippen LogP contribution in [0, 0.1) is 6.92 Å². The highest BCUT2D eigenvalue weighted by molar-refractivity contribution is 7.90. The van der Waals surface area contributed by atoms with Crippen molar-refractivity contribution in [2.24, 2.45) is 0 Å². The van der Waals surface area contributed by atoms with E-state index in [-0.39, 0.29) is 10.5 Å². The lowest BCUT2D eigenvalue weighted by Gasteiger charge is -2.07. The van der Waals surface area contributed by atoms with Gasteiger partial charge in [0.25, 0.3) is 15.9 Å². The number of hydrogen-bond donors (Lipinski definition) is 2. The van der Waals surface area contributed by atoms with Gasteiger partial charge in [0.2, 0.25) is 0 Å². The first-order chi connectivity index (χ1) is 11.8. The fourth-order valence-corrected chi connectivity index (χ4v) is 3.83. The molecule has 0 aliphatic heterocycles. The van der Waals surface area contributed by atoms with Gasteiger partial charge in [-0.25, -0.2) is 13.1 Å². The number of benzene rings is 2. The lowest BCUT2D eigenvalue weighted by Crippen LogP contribution is -2.30. The summed E-state index contributed by atoms with van der Waals surface area (Å²) in [5, 5.41) is 1.33. The van der Waals surface area contributed by atoms with Crippen molar-refractivity contribution in [1.29, 1.82) is 0 Å². The number of aryl methyl sites for hydroxylation is 2. The van der Waals surface area contributed by atoms with E-state index in [0.717, 1.165) is 28.6 Å². The fourth-order valence-electron chi connectivity index (χ4n) is 2.73. The van der Waals surface area contributed by atoms with Gasteiger partial charge in [-0.3, -0.25) is 4.79 Å². The van der Waals surface area contributed by atoms with Gasteiger partial charge < -0.3 is 4.98 Å². The molecule has 1 heterocycles. The molecule has 0 bridgehead atoms. The molecule has 1 amide bonds. The van der Waals surface area contributed by atoms with Crippen molar-refractivity contribution in [2.45, 2.75) is 25.2 Å².